The number of nitrogens with zero attached hydrogens (tertiary/aromatic N) is 1. The molecule has 0 radical (unpaired) electrons. The van der Waals surface area contributed by atoms with Gasteiger partial charge in [-0.2, -0.15) is 0 Å². The number of carbonyl (C=O) groups excluding carboxylic acids is 1. The molecule has 1 aromatic rings. The summed E-state index contributed by atoms with van der Waals surface area (Å²) in [7, 11) is 2.90. The lowest BCUT2D eigenvalue weighted by molar-refractivity contribution is -0.385. The molecule has 0 aliphatic heterocycles. The van der Waals surface area contributed by atoms with Gasteiger partial charge in [0, 0.05) is 18.2 Å². The second-order valence-electron chi connectivity index (χ2n) is 5.72. The molecule has 0 saturated heterocycles. The molecule has 8 nitrogen and oxygen atoms in total. The van der Waals surface area contributed by atoms with Crippen LogP contribution in [0.3, 0.4) is 0 Å². The highest BCUT2D eigenvalue weighted by atomic mass is 16.6. The molecule has 2 N–H and O–H groups in total. The highest BCUT2D eigenvalue weighted by Crippen LogP contribution is 2.34. The van der Waals surface area contributed by atoms with E-state index in [0.29, 0.717) is 30.0 Å². The SMILES string of the molecule is COc1cc(CCNC(=O)NC2CCCC2)c([N+](=O)[O-])cc1OC. The molecule has 0 aromatic heterocycles. The molecule has 1 aromatic carbocycles. The van der Waals surface area contributed by atoms with E-state index in [1.165, 1.54) is 20.3 Å². The van der Waals surface area contributed by atoms with Gasteiger partial charge >= 0.3 is 6.03 Å². The number of nitrogens with one attached hydrogen (secondary N) is 2. The van der Waals surface area contributed by atoms with Crippen LogP contribution in [0.15, 0.2) is 12.1 Å². The summed E-state index contributed by atoms with van der Waals surface area (Å²) in [6.07, 6.45) is 4.63. The quantitative estimate of drug-likeness (QED) is 0.587. The van der Waals surface area contributed by atoms with Gasteiger partial charge in [0.15, 0.2) is 11.5 Å². The number of methoxy groups -OCH3 is 2. The van der Waals surface area contributed by atoms with Gasteiger partial charge in [0.2, 0.25) is 0 Å². The number of benzene rings is 1. The summed E-state index contributed by atoms with van der Waals surface area (Å²) >= 11 is 0. The van der Waals surface area contributed by atoms with Gasteiger partial charge < -0.3 is 20.1 Å². The molecule has 0 spiro atoms. The maximum Gasteiger partial charge on any atom is 0.315 e. The zero-order valence-corrected chi connectivity index (χ0v) is 14.0. The predicted octanol–water partition coefficient (Wildman–Crippen LogP) is 2.40. The Labute approximate surface area is 140 Å². The topological polar surface area (TPSA) is 103 Å². The number of hydrogen-bond donors (Lipinski definition) is 2. The second kappa shape index (κ2) is 8.37. The minimum atomic E-state index is -0.462. The van der Waals surface area contributed by atoms with E-state index in [1.807, 2.05) is 0 Å². The Hall–Kier alpha value is -2.51. The number of rotatable bonds is 7. The third kappa shape index (κ3) is 4.50. The fourth-order valence-electron chi connectivity index (χ4n) is 2.90. The van der Waals surface area contributed by atoms with Crippen molar-refractivity contribution >= 4 is 11.7 Å². The summed E-state index contributed by atoms with van der Waals surface area (Å²) in [5.74, 6) is 0.730. The normalized spacial score (nSPS) is 14.2. The summed E-state index contributed by atoms with van der Waals surface area (Å²) in [4.78, 5) is 22.6. The van der Waals surface area contributed by atoms with Gasteiger partial charge in [-0.1, -0.05) is 12.8 Å². The molecule has 8 heteroatoms. The van der Waals surface area contributed by atoms with Crippen LogP contribution in [0, 0.1) is 10.1 Å². The van der Waals surface area contributed by atoms with Gasteiger partial charge in [0.1, 0.15) is 0 Å². The second-order valence-corrected chi connectivity index (χ2v) is 5.72. The smallest absolute Gasteiger partial charge is 0.315 e. The number of hydrogen-bond acceptors (Lipinski definition) is 5. The van der Waals surface area contributed by atoms with Gasteiger partial charge in [-0.3, -0.25) is 10.1 Å². The van der Waals surface area contributed by atoms with Crippen molar-refractivity contribution in [3.63, 3.8) is 0 Å². The Morgan fingerprint density at radius 2 is 1.88 bits per heavy atom. The Morgan fingerprint density at radius 3 is 2.46 bits per heavy atom. The number of nitro benzene ring substituents is 1. The Morgan fingerprint density at radius 1 is 1.25 bits per heavy atom. The third-order valence-electron chi connectivity index (χ3n) is 4.15. The highest BCUT2D eigenvalue weighted by Gasteiger charge is 2.20. The van der Waals surface area contributed by atoms with Crippen LogP contribution in [0.1, 0.15) is 31.2 Å². The first-order chi connectivity index (χ1) is 11.5. The fourth-order valence-corrected chi connectivity index (χ4v) is 2.90. The number of amides is 2. The average molecular weight is 337 g/mol. The van der Waals surface area contributed by atoms with Crippen molar-refractivity contribution in [2.45, 2.75) is 38.1 Å². The van der Waals surface area contributed by atoms with Crippen molar-refractivity contribution in [3.05, 3.63) is 27.8 Å². The van der Waals surface area contributed by atoms with Gasteiger partial charge in [-0.25, -0.2) is 4.79 Å². The first-order valence-electron chi connectivity index (χ1n) is 7.98. The maximum atomic E-state index is 11.8. The van der Waals surface area contributed by atoms with Crippen molar-refractivity contribution in [2.75, 3.05) is 20.8 Å². The molecule has 0 heterocycles. The van der Waals surface area contributed by atoms with E-state index < -0.39 is 4.92 Å². The molecule has 1 saturated carbocycles. The van der Waals surface area contributed by atoms with E-state index in [0.717, 1.165) is 25.7 Å². The molecular weight excluding hydrogens is 314 g/mol. The van der Waals surface area contributed by atoms with Crippen molar-refractivity contribution in [2.24, 2.45) is 0 Å². The maximum absolute atomic E-state index is 11.8. The first-order valence-corrected chi connectivity index (χ1v) is 7.98. The number of nitro groups is 1. The van der Waals surface area contributed by atoms with Crippen molar-refractivity contribution in [1.29, 1.82) is 0 Å². The molecule has 0 bridgehead atoms. The third-order valence-corrected chi connectivity index (χ3v) is 4.15. The van der Waals surface area contributed by atoms with E-state index >= 15 is 0 Å². The van der Waals surface area contributed by atoms with E-state index in [4.69, 9.17) is 9.47 Å². The summed E-state index contributed by atoms with van der Waals surface area (Å²) in [6.45, 7) is 0.300. The van der Waals surface area contributed by atoms with Gasteiger partial charge in [0.25, 0.3) is 5.69 Å². The standard InChI is InChI=1S/C16H23N3O5/c1-23-14-9-11(13(19(21)22)10-15(14)24-2)7-8-17-16(20)18-12-5-3-4-6-12/h9-10,12H,3-8H2,1-2H3,(H2,17,18,20). The van der Waals surface area contributed by atoms with Crippen molar-refractivity contribution in [1.82, 2.24) is 10.6 Å². The van der Waals surface area contributed by atoms with Gasteiger partial charge in [-0.05, 0) is 25.3 Å². The molecule has 2 rings (SSSR count). The molecule has 1 aliphatic rings. The summed E-state index contributed by atoms with van der Waals surface area (Å²) in [6, 6.07) is 2.92. The fraction of sp³-hybridized carbons (Fsp3) is 0.562. The van der Waals surface area contributed by atoms with E-state index in [-0.39, 0.29) is 17.8 Å². The molecule has 24 heavy (non-hydrogen) atoms. The average Bonchev–Trinajstić information content (AvgIpc) is 3.06. The van der Waals surface area contributed by atoms with Gasteiger partial charge in [0.05, 0.1) is 25.2 Å². The molecule has 0 atom stereocenters. The summed E-state index contributed by atoms with van der Waals surface area (Å²) in [5, 5.41) is 16.9. The number of urea groups is 1. The first kappa shape index (κ1) is 17.8. The van der Waals surface area contributed by atoms with Crippen LogP contribution < -0.4 is 20.1 Å². The van der Waals surface area contributed by atoms with Crippen LogP contribution in [0.25, 0.3) is 0 Å². The molecule has 1 fully saturated rings. The zero-order chi connectivity index (χ0) is 17.5. The lowest BCUT2D eigenvalue weighted by Gasteiger charge is -2.13. The highest BCUT2D eigenvalue weighted by molar-refractivity contribution is 5.74. The van der Waals surface area contributed by atoms with E-state index in [2.05, 4.69) is 10.6 Å². The zero-order valence-electron chi connectivity index (χ0n) is 14.0. The lowest BCUT2D eigenvalue weighted by Crippen LogP contribution is -2.41. The largest absolute Gasteiger partial charge is 0.493 e. The van der Waals surface area contributed by atoms with Crippen molar-refractivity contribution in [3.8, 4) is 11.5 Å². The number of carbonyl (C=O) groups is 1. The van der Waals surface area contributed by atoms with Crippen molar-refractivity contribution < 1.29 is 19.2 Å². The molecule has 132 valence electrons. The predicted molar refractivity (Wildman–Crippen MR) is 88.7 cm³/mol. The van der Waals surface area contributed by atoms with E-state index in [1.54, 1.807) is 6.07 Å². The Kier molecular flexibility index (Phi) is 6.22. The minimum Gasteiger partial charge on any atom is -0.493 e. The van der Waals surface area contributed by atoms with Crippen LogP contribution >= 0.6 is 0 Å². The van der Waals surface area contributed by atoms with Crippen LogP contribution in [0.5, 0.6) is 11.5 Å². The van der Waals surface area contributed by atoms with Crippen LogP contribution in [-0.2, 0) is 6.42 Å². The summed E-state index contributed by atoms with van der Waals surface area (Å²) in [5.41, 5.74) is 0.435. The molecule has 2 amide bonds. The summed E-state index contributed by atoms with van der Waals surface area (Å²) < 4.78 is 10.3. The van der Waals surface area contributed by atoms with Crippen LogP contribution in [0.4, 0.5) is 10.5 Å². The number of ether oxygens (including phenoxy) is 2. The Balaban J connectivity index is 1.97. The monoisotopic (exact) mass is 337 g/mol. The van der Waals surface area contributed by atoms with Crippen LogP contribution in [-0.4, -0.2) is 37.8 Å². The minimum absolute atomic E-state index is 0.0503. The van der Waals surface area contributed by atoms with Crippen LogP contribution in [0.2, 0.25) is 0 Å². The molecule has 1 aliphatic carbocycles. The van der Waals surface area contributed by atoms with Gasteiger partial charge in [-0.15, -0.1) is 0 Å². The van der Waals surface area contributed by atoms with E-state index in [9.17, 15) is 14.9 Å². The Bertz CT molecular complexity index is 600. The molecular formula is C16H23N3O5. The lowest BCUT2D eigenvalue weighted by atomic mass is 10.1. The molecule has 0 unspecified atom stereocenters.